The number of amides is 1. The fourth-order valence-corrected chi connectivity index (χ4v) is 4.99. The van der Waals surface area contributed by atoms with Crippen molar-refractivity contribution in [2.24, 2.45) is 0 Å². The predicted octanol–water partition coefficient (Wildman–Crippen LogP) is 3.83. The van der Waals surface area contributed by atoms with Gasteiger partial charge >= 0.3 is 5.97 Å². The van der Waals surface area contributed by atoms with Crippen LogP contribution in [0.2, 0.25) is 0 Å². The van der Waals surface area contributed by atoms with Gasteiger partial charge in [0.25, 0.3) is 15.2 Å². The van der Waals surface area contributed by atoms with Crippen LogP contribution in [0, 0.1) is 0 Å². The number of benzene rings is 3. The summed E-state index contributed by atoms with van der Waals surface area (Å²) in [6.07, 6.45) is 0. The Hall–Kier alpha value is -4.03. The maximum Gasteiger partial charge on any atom is 0.337 e. The van der Waals surface area contributed by atoms with Gasteiger partial charge in [0.05, 0.1) is 30.4 Å². The van der Waals surface area contributed by atoms with Gasteiger partial charge in [0.2, 0.25) is 5.91 Å². The van der Waals surface area contributed by atoms with Crippen LogP contribution in [0.3, 0.4) is 0 Å². The zero-order valence-electron chi connectivity index (χ0n) is 19.9. The van der Waals surface area contributed by atoms with Gasteiger partial charge in [-0.3, -0.25) is 9.52 Å². The SMILES string of the molecule is COC(=O)c1ccc(CNC(=O)CSc2nc3cc(S(=O)(=O)Nc4ccc(OC)cc4)ccc3o2)cc1. The Morgan fingerprint density at radius 1 is 1.00 bits per heavy atom. The molecule has 0 unspecified atom stereocenters. The zero-order chi connectivity index (χ0) is 26.4. The van der Waals surface area contributed by atoms with Crippen molar-refractivity contribution < 1.29 is 31.9 Å². The summed E-state index contributed by atoms with van der Waals surface area (Å²) in [5.74, 6) is -0.00294. The summed E-state index contributed by atoms with van der Waals surface area (Å²) in [5, 5.41) is 3.03. The van der Waals surface area contributed by atoms with Crippen LogP contribution in [-0.4, -0.2) is 45.3 Å². The molecule has 2 N–H and O–H groups in total. The van der Waals surface area contributed by atoms with E-state index in [1.165, 1.54) is 32.4 Å². The largest absolute Gasteiger partial charge is 0.497 e. The van der Waals surface area contributed by atoms with E-state index < -0.39 is 16.0 Å². The second-order valence-electron chi connectivity index (χ2n) is 7.70. The molecule has 0 saturated carbocycles. The lowest BCUT2D eigenvalue weighted by Crippen LogP contribution is -2.24. The van der Waals surface area contributed by atoms with Crippen molar-refractivity contribution in [2.75, 3.05) is 24.7 Å². The van der Waals surface area contributed by atoms with Gasteiger partial charge in [-0.25, -0.2) is 18.2 Å². The number of carbonyl (C=O) groups excluding carboxylic acids is 2. The topological polar surface area (TPSA) is 137 Å². The van der Waals surface area contributed by atoms with E-state index in [0.29, 0.717) is 28.1 Å². The number of esters is 1. The van der Waals surface area contributed by atoms with E-state index in [9.17, 15) is 18.0 Å². The molecule has 192 valence electrons. The molecule has 4 aromatic rings. The van der Waals surface area contributed by atoms with E-state index in [0.717, 1.165) is 17.3 Å². The molecule has 0 spiro atoms. The average molecular weight is 542 g/mol. The van der Waals surface area contributed by atoms with Crippen LogP contribution in [0.25, 0.3) is 11.1 Å². The van der Waals surface area contributed by atoms with Crippen LogP contribution < -0.4 is 14.8 Å². The van der Waals surface area contributed by atoms with E-state index in [-0.39, 0.29) is 28.3 Å². The lowest BCUT2D eigenvalue weighted by Gasteiger charge is -2.08. The number of anilines is 1. The number of aromatic nitrogens is 1. The van der Waals surface area contributed by atoms with E-state index in [1.807, 2.05) is 0 Å². The van der Waals surface area contributed by atoms with Crippen molar-refractivity contribution in [3.63, 3.8) is 0 Å². The molecular weight excluding hydrogens is 518 g/mol. The summed E-state index contributed by atoms with van der Waals surface area (Å²) in [6, 6.07) is 17.6. The molecular formula is C25H23N3O7S2. The second-order valence-corrected chi connectivity index (χ2v) is 10.3. The number of hydrogen-bond donors (Lipinski definition) is 2. The third-order valence-electron chi connectivity index (χ3n) is 5.18. The molecule has 0 bridgehead atoms. The van der Waals surface area contributed by atoms with E-state index in [2.05, 4.69) is 19.8 Å². The molecule has 1 heterocycles. The Balaban J connectivity index is 1.34. The molecule has 0 fully saturated rings. The molecule has 12 heteroatoms. The van der Waals surface area contributed by atoms with Gasteiger partial charge < -0.3 is 19.2 Å². The van der Waals surface area contributed by atoms with Crippen molar-refractivity contribution in [1.29, 1.82) is 0 Å². The average Bonchev–Trinajstić information content (AvgIpc) is 3.33. The first kappa shape index (κ1) is 26.0. The molecule has 1 aromatic heterocycles. The number of nitrogens with zero attached hydrogens (tertiary/aromatic N) is 1. The molecule has 0 atom stereocenters. The molecule has 0 aliphatic carbocycles. The highest BCUT2D eigenvalue weighted by atomic mass is 32.2. The van der Waals surface area contributed by atoms with Crippen molar-refractivity contribution in [2.45, 2.75) is 16.7 Å². The molecule has 1 amide bonds. The van der Waals surface area contributed by atoms with Gasteiger partial charge in [0.1, 0.15) is 11.3 Å². The van der Waals surface area contributed by atoms with Crippen LogP contribution in [0.15, 0.2) is 81.3 Å². The quantitative estimate of drug-likeness (QED) is 0.227. The van der Waals surface area contributed by atoms with Gasteiger partial charge in [-0.1, -0.05) is 23.9 Å². The summed E-state index contributed by atoms with van der Waals surface area (Å²) in [7, 11) is -1.01. The van der Waals surface area contributed by atoms with Gasteiger partial charge in [-0.2, -0.15) is 0 Å². The van der Waals surface area contributed by atoms with Crippen LogP contribution in [-0.2, 0) is 26.1 Å². The molecule has 4 rings (SSSR count). The number of methoxy groups -OCH3 is 2. The van der Waals surface area contributed by atoms with Crippen molar-refractivity contribution in [3.8, 4) is 5.75 Å². The molecule has 3 aromatic carbocycles. The van der Waals surface area contributed by atoms with Crippen LogP contribution in [0.4, 0.5) is 5.69 Å². The van der Waals surface area contributed by atoms with Crippen molar-refractivity contribution in [1.82, 2.24) is 10.3 Å². The number of fused-ring (bicyclic) bond motifs is 1. The van der Waals surface area contributed by atoms with Gasteiger partial charge in [-0.05, 0) is 60.2 Å². The molecule has 0 radical (unpaired) electrons. The highest BCUT2D eigenvalue weighted by molar-refractivity contribution is 7.99. The van der Waals surface area contributed by atoms with E-state index >= 15 is 0 Å². The van der Waals surface area contributed by atoms with E-state index in [1.54, 1.807) is 48.5 Å². The molecule has 0 aliphatic rings. The maximum absolute atomic E-state index is 12.8. The summed E-state index contributed by atoms with van der Waals surface area (Å²) < 4.78 is 43.5. The summed E-state index contributed by atoms with van der Waals surface area (Å²) in [5.41, 5.74) is 2.40. The second kappa shape index (κ2) is 11.4. The molecule has 37 heavy (non-hydrogen) atoms. The predicted molar refractivity (Wildman–Crippen MR) is 138 cm³/mol. The monoisotopic (exact) mass is 541 g/mol. The van der Waals surface area contributed by atoms with Crippen molar-refractivity contribution in [3.05, 3.63) is 77.9 Å². The normalized spacial score (nSPS) is 11.2. The fourth-order valence-electron chi connectivity index (χ4n) is 3.24. The van der Waals surface area contributed by atoms with Gasteiger partial charge in [-0.15, -0.1) is 0 Å². The Labute approximate surface area is 217 Å². The third kappa shape index (κ3) is 6.60. The fraction of sp³-hybridized carbons (Fsp3) is 0.160. The zero-order valence-corrected chi connectivity index (χ0v) is 21.5. The number of sulfonamides is 1. The minimum absolute atomic E-state index is 0.0247. The van der Waals surface area contributed by atoms with Crippen LogP contribution in [0.1, 0.15) is 15.9 Å². The minimum atomic E-state index is -3.85. The van der Waals surface area contributed by atoms with Gasteiger partial charge in [0.15, 0.2) is 5.58 Å². The van der Waals surface area contributed by atoms with Crippen LogP contribution >= 0.6 is 11.8 Å². The first-order valence-electron chi connectivity index (χ1n) is 10.9. The number of ether oxygens (including phenoxy) is 2. The van der Waals surface area contributed by atoms with E-state index in [4.69, 9.17) is 9.15 Å². The first-order chi connectivity index (χ1) is 17.8. The van der Waals surface area contributed by atoms with Crippen LogP contribution in [0.5, 0.6) is 5.75 Å². The number of nitrogens with one attached hydrogen (secondary N) is 2. The Kier molecular flexibility index (Phi) is 7.99. The lowest BCUT2D eigenvalue weighted by molar-refractivity contribution is -0.118. The summed E-state index contributed by atoms with van der Waals surface area (Å²) in [4.78, 5) is 28.1. The maximum atomic E-state index is 12.8. The summed E-state index contributed by atoms with van der Waals surface area (Å²) >= 11 is 1.09. The molecule has 0 aliphatic heterocycles. The Morgan fingerprint density at radius 2 is 1.73 bits per heavy atom. The number of carbonyl (C=O) groups is 2. The number of thioether (sulfide) groups is 1. The first-order valence-corrected chi connectivity index (χ1v) is 13.4. The molecule has 0 saturated heterocycles. The highest BCUT2D eigenvalue weighted by Gasteiger charge is 2.17. The number of rotatable bonds is 10. The minimum Gasteiger partial charge on any atom is -0.497 e. The highest BCUT2D eigenvalue weighted by Crippen LogP contribution is 2.26. The number of oxazole rings is 1. The van der Waals surface area contributed by atoms with Gasteiger partial charge in [0, 0.05) is 12.2 Å². The lowest BCUT2D eigenvalue weighted by atomic mass is 10.1. The van der Waals surface area contributed by atoms with Crippen molar-refractivity contribution >= 4 is 50.4 Å². The third-order valence-corrected chi connectivity index (χ3v) is 7.39. The Bertz CT molecular complexity index is 1520. The molecule has 10 nitrogen and oxygen atoms in total. The smallest absolute Gasteiger partial charge is 0.337 e. The standard InChI is InChI=1S/C25H23N3O7S2/c1-33-19-9-7-18(8-10-19)28-37(31,32)20-11-12-22-21(13-20)27-25(35-22)36-15-23(29)26-14-16-3-5-17(6-4-16)24(30)34-2/h3-13,28H,14-15H2,1-2H3,(H,26,29). The Morgan fingerprint density at radius 3 is 2.41 bits per heavy atom. The summed E-state index contributed by atoms with van der Waals surface area (Å²) in [6.45, 7) is 0.289. The number of hydrogen-bond acceptors (Lipinski definition) is 9.